The van der Waals surface area contributed by atoms with Crippen molar-refractivity contribution in [1.82, 2.24) is 0 Å². The van der Waals surface area contributed by atoms with Gasteiger partial charge in [-0.25, -0.2) is 0 Å². The molecule has 2 N–H and O–H groups in total. The molecule has 0 saturated heterocycles. The first-order valence-corrected chi connectivity index (χ1v) is 14.1. The van der Waals surface area contributed by atoms with Gasteiger partial charge >= 0.3 is 20.2 Å². The van der Waals surface area contributed by atoms with E-state index >= 15 is 0 Å². The van der Waals surface area contributed by atoms with Crippen LogP contribution in [0.4, 0.5) is 11.4 Å². The summed E-state index contributed by atoms with van der Waals surface area (Å²) in [6.45, 7) is 4.01. The highest BCUT2D eigenvalue weighted by atomic mass is 32.2. The second kappa shape index (κ2) is 10.9. The molecule has 0 atom stereocenters. The van der Waals surface area contributed by atoms with Gasteiger partial charge in [0.05, 0.1) is 6.67 Å². The lowest BCUT2D eigenvalue weighted by Gasteiger charge is -2.13. The number of hydrogen-bond donors (Lipinski definition) is 2. The van der Waals surface area contributed by atoms with Gasteiger partial charge < -0.3 is 19.0 Å². The van der Waals surface area contributed by atoms with Gasteiger partial charge in [0.1, 0.15) is 21.3 Å². The highest BCUT2D eigenvalue weighted by molar-refractivity contribution is 7.87. The third kappa shape index (κ3) is 7.02. The molecule has 0 saturated carbocycles. The van der Waals surface area contributed by atoms with Crippen LogP contribution in [0.25, 0.3) is 0 Å². The van der Waals surface area contributed by atoms with Crippen molar-refractivity contribution < 1.29 is 25.2 Å². The number of rotatable bonds is 10. The third-order valence-corrected chi connectivity index (χ3v) is 7.81. The fourth-order valence-electron chi connectivity index (χ4n) is 3.32. The number of aryl methyl sites for hydroxylation is 2. The molecular weight excluding hydrogens is 512 g/mol. The van der Waals surface area contributed by atoms with Gasteiger partial charge in [-0.3, -0.25) is 0 Å². The lowest BCUT2D eigenvalue weighted by molar-refractivity contribution is 0.484. The summed E-state index contributed by atoms with van der Waals surface area (Å²) in [5, 5.41) is 6.24. The minimum Gasteiger partial charge on any atom is -0.379 e. The Morgan fingerprint density at radius 1 is 0.568 bits per heavy atom. The van der Waals surface area contributed by atoms with Crippen LogP contribution in [-0.2, 0) is 20.2 Å². The Bertz CT molecular complexity index is 1460. The molecule has 10 heteroatoms. The van der Waals surface area contributed by atoms with E-state index in [1.165, 1.54) is 24.3 Å². The Labute approximate surface area is 217 Å². The fraction of sp³-hybridized carbons (Fsp3) is 0.111. The molecule has 0 amide bonds. The van der Waals surface area contributed by atoms with Crippen LogP contribution in [0.5, 0.6) is 11.5 Å². The molecule has 192 valence electrons. The molecule has 0 aliphatic carbocycles. The predicted octanol–water partition coefficient (Wildman–Crippen LogP) is 5.32. The van der Waals surface area contributed by atoms with Crippen LogP contribution in [0.2, 0.25) is 0 Å². The highest BCUT2D eigenvalue weighted by Gasteiger charge is 2.17. The van der Waals surface area contributed by atoms with E-state index in [4.69, 9.17) is 8.37 Å². The van der Waals surface area contributed by atoms with Crippen LogP contribution >= 0.6 is 0 Å². The Morgan fingerprint density at radius 2 is 0.946 bits per heavy atom. The summed E-state index contributed by atoms with van der Waals surface area (Å²) in [4.78, 5) is 0.147. The largest absolute Gasteiger partial charge is 0.379 e. The van der Waals surface area contributed by atoms with E-state index in [-0.39, 0.29) is 28.0 Å². The normalized spacial score (nSPS) is 11.5. The van der Waals surface area contributed by atoms with Gasteiger partial charge in [0.2, 0.25) is 0 Å². The number of nitrogens with one attached hydrogen (secondary N) is 2. The molecule has 0 fully saturated rings. The summed E-state index contributed by atoms with van der Waals surface area (Å²) in [6, 6.07) is 26.0. The van der Waals surface area contributed by atoms with Crippen molar-refractivity contribution in [3.8, 4) is 11.5 Å². The molecule has 0 heterocycles. The Kier molecular flexibility index (Phi) is 7.70. The maximum Gasteiger partial charge on any atom is 0.339 e. The first kappa shape index (κ1) is 26.1. The monoisotopic (exact) mass is 538 g/mol. The van der Waals surface area contributed by atoms with E-state index in [1.54, 1.807) is 72.8 Å². The van der Waals surface area contributed by atoms with Crippen molar-refractivity contribution in [3.63, 3.8) is 0 Å². The van der Waals surface area contributed by atoms with Crippen molar-refractivity contribution in [2.75, 3.05) is 17.3 Å². The Balaban J connectivity index is 1.36. The topological polar surface area (TPSA) is 111 Å². The van der Waals surface area contributed by atoms with E-state index in [0.29, 0.717) is 11.4 Å². The minimum atomic E-state index is -3.96. The second-order valence-electron chi connectivity index (χ2n) is 8.29. The molecule has 8 nitrogen and oxygen atoms in total. The van der Waals surface area contributed by atoms with Crippen LogP contribution in [0.1, 0.15) is 11.1 Å². The zero-order valence-electron chi connectivity index (χ0n) is 20.2. The van der Waals surface area contributed by atoms with Gasteiger partial charge in [0.15, 0.2) is 0 Å². The average Bonchev–Trinajstić information content (AvgIpc) is 2.84. The van der Waals surface area contributed by atoms with Crippen molar-refractivity contribution in [2.45, 2.75) is 23.6 Å². The van der Waals surface area contributed by atoms with Crippen molar-refractivity contribution in [3.05, 3.63) is 108 Å². The molecule has 0 spiro atoms. The molecule has 4 rings (SSSR count). The SMILES string of the molecule is Cc1ccc(S(=O)(=O)Oc2cccc(NCNc3cccc(OS(=O)(=O)c4ccc(C)cc4)c3)c2)cc1. The number of hydrogen-bond acceptors (Lipinski definition) is 8. The van der Waals surface area contributed by atoms with Gasteiger partial charge in [-0.2, -0.15) is 16.8 Å². The van der Waals surface area contributed by atoms with Gasteiger partial charge in [0.25, 0.3) is 0 Å². The van der Waals surface area contributed by atoms with Crippen LogP contribution in [0.3, 0.4) is 0 Å². The predicted molar refractivity (Wildman–Crippen MR) is 143 cm³/mol. The van der Waals surface area contributed by atoms with Crippen LogP contribution in [0.15, 0.2) is 107 Å². The maximum absolute atomic E-state index is 12.5. The smallest absolute Gasteiger partial charge is 0.339 e. The van der Waals surface area contributed by atoms with Gasteiger partial charge in [-0.15, -0.1) is 0 Å². The number of anilines is 2. The lowest BCUT2D eigenvalue weighted by atomic mass is 10.2. The van der Waals surface area contributed by atoms with Crippen LogP contribution in [-0.4, -0.2) is 23.5 Å². The Hall–Kier alpha value is -4.02. The van der Waals surface area contributed by atoms with E-state index in [0.717, 1.165) is 11.1 Å². The summed E-state index contributed by atoms with van der Waals surface area (Å²) in [7, 11) is -7.92. The summed E-state index contributed by atoms with van der Waals surface area (Å²) >= 11 is 0. The lowest BCUT2D eigenvalue weighted by Crippen LogP contribution is -2.13. The second-order valence-corrected chi connectivity index (χ2v) is 11.4. The van der Waals surface area contributed by atoms with Gasteiger partial charge in [-0.05, 0) is 62.4 Å². The van der Waals surface area contributed by atoms with E-state index in [1.807, 2.05) is 13.8 Å². The van der Waals surface area contributed by atoms with Crippen molar-refractivity contribution >= 4 is 31.6 Å². The molecule has 37 heavy (non-hydrogen) atoms. The Morgan fingerprint density at radius 3 is 1.32 bits per heavy atom. The molecule has 0 radical (unpaired) electrons. The first-order valence-electron chi connectivity index (χ1n) is 11.3. The zero-order valence-corrected chi connectivity index (χ0v) is 21.8. The number of benzene rings is 4. The van der Waals surface area contributed by atoms with Crippen LogP contribution < -0.4 is 19.0 Å². The van der Waals surface area contributed by atoms with E-state index in [9.17, 15) is 16.8 Å². The average molecular weight is 539 g/mol. The molecule has 0 aromatic heterocycles. The summed E-state index contributed by atoms with van der Waals surface area (Å²) in [5.74, 6) is 0.338. The third-order valence-electron chi connectivity index (χ3n) is 5.28. The molecule has 4 aromatic rings. The molecule has 0 bridgehead atoms. The van der Waals surface area contributed by atoms with E-state index < -0.39 is 20.2 Å². The molecule has 4 aromatic carbocycles. The zero-order chi connectivity index (χ0) is 26.5. The van der Waals surface area contributed by atoms with Crippen LogP contribution in [0, 0.1) is 13.8 Å². The summed E-state index contributed by atoms with van der Waals surface area (Å²) in [5.41, 5.74) is 3.14. The molecule has 0 aliphatic rings. The highest BCUT2D eigenvalue weighted by Crippen LogP contribution is 2.24. The first-order chi connectivity index (χ1) is 17.6. The molecule has 0 unspecified atom stereocenters. The maximum atomic E-state index is 12.5. The van der Waals surface area contributed by atoms with Gasteiger partial charge in [-0.1, -0.05) is 47.5 Å². The quantitative estimate of drug-likeness (QED) is 0.206. The fourth-order valence-corrected chi connectivity index (χ4v) is 5.17. The van der Waals surface area contributed by atoms with Gasteiger partial charge in [0, 0.05) is 23.5 Å². The van der Waals surface area contributed by atoms with E-state index in [2.05, 4.69) is 10.6 Å². The minimum absolute atomic E-state index is 0.0737. The molecular formula is C27H26N2O6S2. The summed E-state index contributed by atoms with van der Waals surface area (Å²) < 4.78 is 60.8. The van der Waals surface area contributed by atoms with Crippen molar-refractivity contribution in [1.29, 1.82) is 0 Å². The standard InChI is InChI=1S/C27H26N2O6S2/c1-20-9-13-26(14-10-20)36(30,31)34-24-7-3-5-22(17-24)28-19-29-23-6-4-8-25(18-23)35-37(32,33)27-15-11-21(2)12-16-27/h3-18,28-29H,19H2,1-2H3. The molecule has 0 aliphatic heterocycles. The summed E-state index contributed by atoms with van der Waals surface area (Å²) in [6.07, 6.45) is 0. The van der Waals surface area contributed by atoms with Crippen molar-refractivity contribution in [2.24, 2.45) is 0 Å².